The van der Waals surface area contributed by atoms with Crippen LogP contribution in [-0.4, -0.2) is 55.4 Å². The van der Waals surface area contributed by atoms with Crippen LogP contribution in [0.4, 0.5) is 5.69 Å². The predicted molar refractivity (Wildman–Crippen MR) is 99.2 cm³/mol. The molecule has 0 radical (unpaired) electrons. The first-order valence-electron chi connectivity index (χ1n) is 8.29. The number of amides is 2. The summed E-state index contributed by atoms with van der Waals surface area (Å²) in [4.78, 5) is 34.1. The van der Waals surface area contributed by atoms with Crippen LogP contribution in [0.5, 0.6) is 0 Å². The molecular weight excluding hydrogens is 336 g/mol. The lowest BCUT2D eigenvalue weighted by Gasteiger charge is -2.18. The molecule has 0 spiro atoms. The Labute approximate surface area is 151 Å². The lowest BCUT2D eigenvalue weighted by molar-refractivity contribution is -0.119. The maximum absolute atomic E-state index is 12.4. The lowest BCUT2D eigenvalue weighted by atomic mass is 10.2. The van der Waals surface area contributed by atoms with Gasteiger partial charge in [0.1, 0.15) is 0 Å². The van der Waals surface area contributed by atoms with Crippen molar-refractivity contribution in [1.29, 1.82) is 0 Å². The molecule has 0 fully saturated rings. The molecule has 25 heavy (non-hydrogen) atoms. The summed E-state index contributed by atoms with van der Waals surface area (Å²) in [5, 5.41) is 2.95. The van der Waals surface area contributed by atoms with Crippen molar-refractivity contribution in [3.8, 4) is 0 Å². The molecule has 0 atom stereocenters. The first kappa shape index (κ1) is 17.6. The molecule has 0 saturated heterocycles. The van der Waals surface area contributed by atoms with E-state index in [1.807, 2.05) is 37.2 Å². The fourth-order valence-corrected chi connectivity index (χ4v) is 3.91. The highest BCUT2D eigenvalue weighted by atomic mass is 32.1. The van der Waals surface area contributed by atoms with E-state index in [4.69, 9.17) is 0 Å². The lowest BCUT2D eigenvalue weighted by Crippen LogP contribution is -2.36. The van der Waals surface area contributed by atoms with E-state index >= 15 is 0 Å². The molecule has 132 valence electrons. The average molecular weight is 358 g/mol. The van der Waals surface area contributed by atoms with Crippen molar-refractivity contribution in [2.45, 2.75) is 12.8 Å². The number of fused-ring (bicyclic) bond motifs is 1. The Bertz CT molecular complexity index is 758. The molecule has 1 aliphatic rings. The smallest absolute Gasteiger partial charge is 0.261 e. The van der Waals surface area contributed by atoms with Gasteiger partial charge in [0.2, 0.25) is 5.91 Å². The number of carbonyl (C=O) groups excluding carboxylic acids is 2. The molecule has 7 heteroatoms. The van der Waals surface area contributed by atoms with Gasteiger partial charge in [-0.3, -0.25) is 14.6 Å². The molecule has 2 aromatic rings. The van der Waals surface area contributed by atoms with Gasteiger partial charge in [0, 0.05) is 36.8 Å². The number of aromatic nitrogens is 1. The Balaban J connectivity index is 1.59. The standard InChI is InChI=1S/C18H22N4O2S/c1-21(2)12-17(23)22-10-6-15-14(22)11-16(25-15)18(24)20-9-5-13-3-7-19-8-4-13/h3-4,7-8,11H,5-6,9-10,12H2,1-2H3,(H,20,24). The second kappa shape index (κ2) is 7.76. The third kappa shape index (κ3) is 4.24. The number of pyridine rings is 1. The van der Waals surface area contributed by atoms with Crippen LogP contribution in [0.25, 0.3) is 0 Å². The second-order valence-corrected chi connectivity index (χ2v) is 7.45. The molecule has 0 unspecified atom stereocenters. The topological polar surface area (TPSA) is 65.5 Å². The van der Waals surface area contributed by atoms with Gasteiger partial charge in [-0.25, -0.2) is 0 Å². The summed E-state index contributed by atoms with van der Waals surface area (Å²) >= 11 is 1.49. The summed E-state index contributed by atoms with van der Waals surface area (Å²) < 4.78 is 0. The first-order chi connectivity index (χ1) is 12.0. The molecule has 2 aromatic heterocycles. The maximum Gasteiger partial charge on any atom is 0.261 e. The number of thiophene rings is 1. The zero-order valence-electron chi connectivity index (χ0n) is 14.5. The molecule has 1 N–H and O–H groups in total. The van der Waals surface area contributed by atoms with Crippen molar-refractivity contribution in [3.05, 3.63) is 45.9 Å². The van der Waals surface area contributed by atoms with E-state index in [2.05, 4.69) is 10.3 Å². The number of nitrogens with zero attached hydrogens (tertiary/aromatic N) is 3. The first-order valence-corrected chi connectivity index (χ1v) is 9.11. The highest BCUT2D eigenvalue weighted by Gasteiger charge is 2.28. The van der Waals surface area contributed by atoms with E-state index in [0.29, 0.717) is 24.5 Å². The zero-order valence-corrected chi connectivity index (χ0v) is 15.3. The summed E-state index contributed by atoms with van der Waals surface area (Å²) in [7, 11) is 3.76. The van der Waals surface area contributed by atoms with Gasteiger partial charge in [0.25, 0.3) is 5.91 Å². The Morgan fingerprint density at radius 3 is 2.80 bits per heavy atom. The van der Waals surface area contributed by atoms with Crippen molar-refractivity contribution >= 4 is 28.8 Å². The van der Waals surface area contributed by atoms with E-state index in [1.165, 1.54) is 11.3 Å². The molecular formula is C18H22N4O2S. The third-order valence-corrected chi connectivity index (χ3v) is 5.25. The second-order valence-electron chi connectivity index (χ2n) is 6.31. The molecule has 0 aromatic carbocycles. The van der Waals surface area contributed by atoms with Gasteiger partial charge in [-0.05, 0) is 44.3 Å². The largest absolute Gasteiger partial charge is 0.351 e. The van der Waals surface area contributed by atoms with Crippen LogP contribution in [0.3, 0.4) is 0 Å². The summed E-state index contributed by atoms with van der Waals surface area (Å²) in [6, 6.07) is 5.74. The number of hydrogen-bond acceptors (Lipinski definition) is 5. The minimum atomic E-state index is -0.0755. The summed E-state index contributed by atoms with van der Waals surface area (Å²) in [6.07, 6.45) is 5.09. The Morgan fingerprint density at radius 1 is 1.32 bits per heavy atom. The zero-order chi connectivity index (χ0) is 17.8. The molecule has 0 bridgehead atoms. The number of likely N-dealkylation sites (N-methyl/N-ethyl adjacent to an activating group) is 1. The van der Waals surface area contributed by atoms with E-state index < -0.39 is 0 Å². The van der Waals surface area contributed by atoms with Crippen molar-refractivity contribution in [1.82, 2.24) is 15.2 Å². The summed E-state index contributed by atoms with van der Waals surface area (Å²) in [5.41, 5.74) is 2.04. The van der Waals surface area contributed by atoms with Crippen molar-refractivity contribution < 1.29 is 9.59 Å². The van der Waals surface area contributed by atoms with Crippen LogP contribution < -0.4 is 10.2 Å². The fourth-order valence-electron chi connectivity index (χ4n) is 2.84. The van der Waals surface area contributed by atoms with Crippen LogP contribution in [0.1, 0.15) is 20.1 Å². The molecule has 2 amide bonds. The molecule has 6 nitrogen and oxygen atoms in total. The summed E-state index contributed by atoms with van der Waals surface area (Å²) in [5.74, 6) is -0.000315. The Hall–Kier alpha value is -2.25. The quantitative estimate of drug-likeness (QED) is 0.851. The van der Waals surface area contributed by atoms with E-state index in [9.17, 15) is 9.59 Å². The third-order valence-electron chi connectivity index (χ3n) is 4.06. The van der Waals surface area contributed by atoms with Crippen molar-refractivity contribution in [3.63, 3.8) is 0 Å². The summed E-state index contributed by atoms with van der Waals surface area (Å²) in [6.45, 7) is 1.66. The van der Waals surface area contributed by atoms with E-state index in [-0.39, 0.29) is 11.8 Å². The Kier molecular flexibility index (Phi) is 5.45. The number of carbonyl (C=O) groups is 2. The minimum Gasteiger partial charge on any atom is -0.351 e. The molecule has 0 aliphatic carbocycles. The predicted octanol–water partition coefficient (Wildman–Crippen LogP) is 1.57. The maximum atomic E-state index is 12.4. The van der Waals surface area contributed by atoms with Crippen LogP contribution >= 0.6 is 11.3 Å². The number of hydrogen-bond donors (Lipinski definition) is 1. The fraction of sp³-hybridized carbons (Fsp3) is 0.389. The minimum absolute atomic E-state index is 0.0752. The SMILES string of the molecule is CN(C)CC(=O)N1CCc2sc(C(=O)NCCc3ccncc3)cc21. The van der Waals surface area contributed by atoms with Gasteiger partial charge in [-0.2, -0.15) is 0 Å². The van der Waals surface area contributed by atoms with Gasteiger partial charge in [-0.1, -0.05) is 0 Å². The van der Waals surface area contributed by atoms with E-state index in [1.54, 1.807) is 17.3 Å². The van der Waals surface area contributed by atoms with Gasteiger partial charge >= 0.3 is 0 Å². The van der Waals surface area contributed by atoms with Gasteiger partial charge in [0.05, 0.1) is 17.1 Å². The number of anilines is 1. The van der Waals surface area contributed by atoms with Crippen LogP contribution in [-0.2, 0) is 17.6 Å². The number of nitrogens with one attached hydrogen (secondary N) is 1. The van der Waals surface area contributed by atoms with Crippen molar-refractivity contribution in [2.24, 2.45) is 0 Å². The molecule has 3 rings (SSSR count). The monoisotopic (exact) mass is 358 g/mol. The van der Waals surface area contributed by atoms with Gasteiger partial charge in [0.15, 0.2) is 0 Å². The molecule has 3 heterocycles. The van der Waals surface area contributed by atoms with Crippen LogP contribution in [0.2, 0.25) is 0 Å². The highest BCUT2D eigenvalue weighted by Crippen LogP contribution is 2.35. The number of rotatable bonds is 6. The Morgan fingerprint density at radius 2 is 2.08 bits per heavy atom. The molecule has 0 saturated carbocycles. The highest BCUT2D eigenvalue weighted by molar-refractivity contribution is 7.14. The van der Waals surface area contributed by atoms with E-state index in [0.717, 1.165) is 29.0 Å². The van der Waals surface area contributed by atoms with Gasteiger partial charge < -0.3 is 15.1 Å². The molecule has 1 aliphatic heterocycles. The normalized spacial score (nSPS) is 13.2. The van der Waals surface area contributed by atoms with Crippen LogP contribution in [0.15, 0.2) is 30.6 Å². The van der Waals surface area contributed by atoms with Crippen LogP contribution in [0, 0.1) is 0 Å². The van der Waals surface area contributed by atoms with Crippen molar-refractivity contribution in [2.75, 3.05) is 38.6 Å². The average Bonchev–Trinajstić information content (AvgIpc) is 3.15. The van der Waals surface area contributed by atoms with Gasteiger partial charge in [-0.15, -0.1) is 11.3 Å².